The molecule has 0 spiro atoms. The van der Waals surface area contributed by atoms with Gasteiger partial charge in [-0.25, -0.2) is 14.8 Å². The first-order valence-electron chi connectivity index (χ1n) is 10.3. The fraction of sp³-hybridized carbons (Fsp3) is 0.524. The van der Waals surface area contributed by atoms with Gasteiger partial charge in [0.1, 0.15) is 15.7 Å². The number of ether oxygens (including phenoxy) is 1. The average molecular weight is 558 g/mol. The maximum absolute atomic E-state index is 12.0. The number of aromatic nitrogens is 2. The fourth-order valence-corrected chi connectivity index (χ4v) is 4.25. The van der Waals surface area contributed by atoms with Gasteiger partial charge in [0.15, 0.2) is 5.96 Å². The minimum Gasteiger partial charge on any atom is -0.462 e. The van der Waals surface area contributed by atoms with Gasteiger partial charge in [-0.3, -0.25) is 4.99 Å². The Kier molecular flexibility index (Phi) is 9.94. The molecule has 0 saturated carbocycles. The van der Waals surface area contributed by atoms with Crippen LogP contribution in [0, 0.1) is 6.92 Å². The third kappa shape index (κ3) is 6.76. The monoisotopic (exact) mass is 558 g/mol. The van der Waals surface area contributed by atoms with E-state index in [4.69, 9.17) is 4.74 Å². The molecule has 2 N–H and O–H groups in total. The van der Waals surface area contributed by atoms with Crippen molar-refractivity contribution in [3.63, 3.8) is 0 Å². The summed E-state index contributed by atoms with van der Waals surface area (Å²) in [7, 11) is 1.73. The van der Waals surface area contributed by atoms with E-state index in [9.17, 15) is 4.79 Å². The number of rotatable bonds is 7. The Morgan fingerprint density at radius 3 is 2.71 bits per heavy atom. The number of pyridine rings is 1. The van der Waals surface area contributed by atoms with E-state index in [1.807, 2.05) is 20.0 Å². The molecule has 10 heteroatoms. The van der Waals surface area contributed by atoms with Gasteiger partial charge in [-0.2, -0.15) is 0 Å². The van der Waals surface area contributed by atoms with Gasteiger partial charge in [0.2, 0.25) is 0 Å². The van der Waals surface area contributed by atoms with Crippen LogP contribution in [0.3, 0.4) is 0 Å². The van der Waals surface area contributed by atoms with Crippen molar-refractivity contribution in [2.75, 3.05) is 31.6 Å². The number of hydrogen-bond acceptors (Lipinski definition) is 7. The SMILES string of the molecule is CCOC(=O)c1sc(C(C)NC(=NC)NCc2ccc(N3CCCC3)nc2)nc1C.I. The first-order valence-corrected chi connectivity index (χ1v) is 11.1. The number of nitrogens with one attached hydrogen (secondary N) is 2. The Morgan fingerprint density at radius 2 is 2.10 bits per heavy atom. The number of aryl methyl sites for hydroxylation is 1. The first kappa shape index (κ1) is 25.3. The van der Waals surface area contributed by atoms with Crippen LogP contribution in [0.1, 0.15) is 58.7 Å². The summed E-state index contributed by atoms with van der Waals surface area (Å²) >= 11 is 1.35. The van der Waals surface area contributed by atoms with Gasteiger partial charge in [0.05, 0.1) is 18.3 Å². The summed E-state index contributed by atoms with van der Waals surface area (Å²) < 4.78 is 5.10. The molecule has 1 atom stereocenters. The van der Waals surface area contributed by atoms with Gasteiger partial charge in [0, 0.05) is 32.9 Å². The zero-order valence-corrected chi connectivity index (χ0v) is 21.6. The van der Waals surface area contributed by atoms with Crippen molar-refractivity contribution < 1.29 is 9.53 Å². The van der Waals surface area contributed by atoms with Crippen LogP contribution in [0.15, 0.2) is 23.3 Å². The molecule has 170 valence electrons. The third-order valence-electron chi connectivity index (χ3n) is 4.92. The van der Waals surface area contributed by atoms with Crippen molar-refractivity contribution in [2.24, 2.45) is 4.99 Å². The Hall–Kier alpha value is -1.95. The number of carbonyl (C=O) groups excluding carboxylic acids is 1. The minimum atomic E-state index is -0.321. The zero-order valence-electron chi connectivity index (χ0n) is 18.5. The van der Waals surface area contributed by atoms with E-state index in [1.54, 1.807) is 14.0 Å². The summed E-state index contributed by atoms with van der Waals surface area (Å²) in [6.07, 6.45) is 4.39. The lowest BCUT2D eigenvalue weighted by molar-refractivity contribution is 0.0531. The van der Waals surface area contributed by atoms with Gasteiger partial charge >= 0.3 is 5.97 Å². The Labute approximate surface area is 204 Å². The number of aliphatic imine (C=N–C) groups is 1. The molecule has 1 saturated heterocycles. The Balaban J connectivity index is 0.00000341. The lowest BCUT2D eigenvalue weighted by Gasteiger charge is -2.18. The van der Waals surface area contributed by atoms with Crippen molar-refractivity contribution in [1.82, 2.24) is 20.6 Å². The van der Waals surface area contributed by atoms with Gasteiger partial charge < -0.3 is 20.3 Å². The molecule has 1 aliphatic heterocycles. The maximum Gasteiger partial charge on any atom is 0.350 e. The highest BCUT2D eigenvalue weighted by molar-refractivity contribution is 14.0. The summed E-state index contributed by atoms with van der Waals surface area (Å²) in [5.74, 6) is 1.39. The molecule has 31 heavy (non-hydrogen) atoms. The van der Waals surface area contributed by atoms with Gasteiger partial charge in [-0.1, -0.05) is 6.07 Å². The normalized spacial score (nSPS) is 14.7. The third-order valence-corrected chi connectivity index (χ3v) is 6.24. The molecule has 1 fully saturated rings. The number of hydrogen-bond donors (Lipinski definition) is 2. The number of esters is 1. The van der Waals surface area contributed by atoms with Crippen molar-refractivity contribution in [3.8, 4) is 0 Å². The highest BCUT2D eigenvalue weighted by Crippen LogP contribution is 2.24. The van der Waals surface area contributed by atoms with Crippen LogP contribution >= 0.6 is 35.3 Å². The summed E-state index contributed by atoms with van der Waals surface area (Å²) in [6, 6.07) is 4.08. The van der Waals surface area contributed by atoms with Crippen molar-refractivity contribution in [2.45, 2.75) is 46.2 Å². The molecule has 0 radical (unpaired) electrons. The predicted octanol–water partition coefficient (Wildman–Crippen LogP) is 3.67. The molecule has 0 bridgehead atoms. The van der Waals surface area contributed by atoms with E-state index in [2.05, 4.69) is 42.6 Å². The Morgan fingerprint density at radius 1 is 1.35 bits per heavy atom. The molecule has 1 aliphatic rings. The van der Waals surface area contributed by atoms with Crippen LogP contribution in [0.5, 0.6) is 0 Å². The first-order chi connectivity index (χ1) is 14.5. The zero-order chi connectivity index (χ0) is 21.5. The van der Waals surface area contributed by atoms with E-state index in [-0.39, 0.29) is 36.0 Å². The molecule has 2 aromatic heterocycles. The fourth-order valence-electron chi connectivity index (χ4n) is 3.29. The number of thiazole rings is 1. The standard InChI is InChI=1S/C21H30N6O2S.HI/c1-5-29-20(28)18-14(2)25-19(30-18)15(3)26-21(22-4)24-13-16-8-9-17(23-12-16)27-10-6-7-11-27;/h8-9,12,15H,5-7,10-11,13H2,1-4H3,(H2,22,24,26);1H. The average Bonchev–Trinajstić information content (AvgIpc) is 3.41. The minimum absolute atomic E-state index is 0. The lowest BCUT2D eigenvalue weighted by atomic mass is 10.2. The molecule has 3 heterocycles. The number of anilines is 1. The van der Waals surface area contributed by atoms with Crippen molar-refractivity contribution in [3.05, 3.63) is 39.5 Å². The maximum atomic E-state index is 12.0. The Bertz CT molecular complexity index is 880. The number of guanidine groups is 1. The summed E-state index contributed by atoms with van der Waals surface area (Å²) in [6.45, 7) is 8.76. The second-order valence-electron chi connectivity index (χ2n) is 7.20. The predicted molar refractivity (Wildman–Crippen MR) is 136 cm³/mol. The molecule has 0 aromatic carbocycles. The number of nitrogens with zero attached hydrogens (tertiary/aromatic N) is 4. The van der Waals surface area contributed by atoms with E-state index in [1.165, 1.54) is 24.2 Å². The quantitative estimate of drug-likeness (QED) is 0.232. The van der Waals surface area contributed by atoms with Crippen LogP contribution < -0.4 is 15.5 Å². The number of carbonyl (C=O) groups is 1. The molecule has 2 aromatic rings. The van der Waals surface area contributed by atoms with Crippen LogP contribution in [-0.2, 0) is 11.3 Å². The van der Waals surface area contributed by atoms with Gasteiger partial charge in [-0.15, -0.1) is 35.3 Å². The van der Waals surface area contributed by atoms with E-state index >= 15 is 0 Å². The second kappa shape index (κ2) is 12.2. The molecule has 0 aliphatic carbocycles. The van der Waals surface area contributed by atoms with Crippen LogP contribution in [-0.4, -0.2) is 48.6 Å². The highest BCUT2D eigenvalue weighted by atomic mass is 127. The lowest BCUT2D eigenvalue weighted by Crippen LogP contribution is -2.38. The molecular weight excluding hydrogens is 527 g/mol. The molecule has 3 rings (SSSR count). The smallest absolute Gasteiger partial charge is 0.350 e. The number of halogens is 1. The largest absolute Gasteiger partial charge is 0.462 e. The molecule has 8 nitrogen and oxygen atoms in total. The molecular formula is C21H31IN6O2S. The van der Waals surface area contributed by atoms with Gasteiger partial charge in [-0.05, 0) is 45.2 Å². The second-order valence-corrected chi connectivity index (χ2v) is 8.23. The van der Waals surface area contributed by atoms with E-state index in [0.717, 1.165) is 29.5 Å². The van der Waals surface area contributed by atoms with Crippen LogP contribution in [0.4, 0.5) is 5.82 Å². The van der Waals surface area contributed by atoms with Crippen molar-refractivity contribution in [1.29, 1.82) is 0 Å². The van der Waals surface area contributed by atoms with E-state index in [0.29, 0.717) is 29.7 Å². The van der Waals surface area contributed by atoms with Crippen molar-refractivity contribution >= 4 is 53.1 Å². The van der Waals surface area contributed by atoms with Gasteiger partial charge in [0.25, 0.3) is 0 Å². The molecule has 0 amide bonds. The summed E-state index contributed by atoms with van der Waals surface area (Å²) in [4.78, 5) is 28.3. The highest BCUT2D eigenvalue weighted by Gasteiger charge is 2.20. The van der Waals surface area contributed by atoms with Crippen LogP contribution in [0.25, 0.3) is 0 Å². The van der Waals surface area contributed by atoms with Crippen LogP contribution in [0.2, 0.25) is 0 Å². The molecule has 1 unspecified atom stereocenters. The topological polar surface area (TPSA) is 91.7 Å². The summed E-state index contributed by atoms with van der Waals surface area (Å²) in [5, 5.41) is 7.45. The summed E-state index contributed by atoms with van der Waals surface area (Å²) in [5.41, 5.74) is 1.78. The van der Waals surface area contributed by atoms with E-state index < -0.39 is 0 Å².